The van der Waals surface area contributed by atoms with Gasteiger partial charge in [0.1, 0.15) is 6.23 Å². The molecule has 1 N–H and O–H groups in total. The Bertz CT molecular complexity index is 677. The predicted molar refractivity (Wildman–Crippen MR) is 185 cm³/mol. The van der Waals surface area contributed by atoms with E-state index in [0.717, 1.165) is 104 Å². The van der Waals surface area contributed by atoms with E-state index < -0.39 is 0 Å². The van der Waals surface area contributed by atoms with Crippen LogP contribution in [0, 0.1) is 6.92 Å². The van der Waals surface area contributed by atoms with Crippen molar-refractivity contribution >= 4 is 11.8 Å². The lowest BCUT2D eigenvalue weighted by Crippen LogP contribution is -2.41. The summed E-state index contributed by atoms with van der Waals surface area (Å²) in [6.45, 7) is 25.1. The molecule has 2 aliphatic heterocycles. The summed E-state index contributed by atoms with van der Waals surface area (Å²) < 4.78 is 5.96. The van der Waals surface area contributed by atoms with E-state index in [2.05, 4.69) is 44.1 Å². The van der Waals surface area contributed by atoms with Crippen LogP contribution in [0.2, 0.25) is 0 Å². The van der Waals surface area contributed by atoms with Gasteiger partial charge in [-0.25, -0.2) is 0 Å². The van der Waals surface area contributed by atoms with Gasteiger partial charge in [0.2, 0.25) is 11.8 Å². The minimum Gasteiger partial charge on any atom is -0.395 e. The molecule has 0 aromatic carbocycles. The molecule has 0 aromatic heterocycles. The molecule has 1 unspecified atom stereocenters. The fourth-order valence-electron chi connectivity index (χ4n) is 5.32. The lowest BCUT2D eigenvalue weighted by atomic mass is 10.2. The van der Waals surface area contributed by atoms with E-state index in [1.165, 1.54) is 44.9 Å². The molecular weight excluding hydrogens is 552 g/mol. The minimum atomic E-state index is -0.0789. The third-order valence-corrected chi connectivity index (χ3v) is 8.27. The Morgan fingerprint density at radius 2 is 1.32 bits per heavy atom. The summed E-state index contributed by atoms with van der Waals surface area (Å²) in [6, 6.07) is 0. The highest BCUT2D eigenvalue weighted by Crippen LogP contribution is 2.15. The maximum atomic E-state index is 12.1. The van der Waals surface area contributed by atoms with Crippen LogP contribution in [0.4, 0.5) is 0 Å². The fraction of sp³-hybridized carbons (Fsp3) is 0.861. The molecule has 8 heteroatoms. The standard InChI is InChI=1S/C18H36N2O2.C10H22NO.C8H13NO/c1-4-6-12-19(13-7-5-2)15-16-22-17(3)20-14-10-8-9-11-18(20)21;1-3-5-7-11(9-10-12)8-6-4-2;1-2-9-7-5-3-4-6-8(9)10/h17H,4-16H2,1-3H3;12H,1,3-10H2,2H3;2H,1,3-7H2/q;+1;. The van der Waals surface area contributed by atoms with Crippen molar-refractivity contribution in [1.29, 1.82) is 0 Å². The van der Waals surface area contributed by atoms with E-state index in [-0.39, 0.29) is 24.6 Å². The third-order valence-electron chi connectivity index (χ3n) is 8.27. The summed E-state index contributed by atoms with van der Waals surface area (Å²) >= 11 is 0. The van der Waals surface area contributed by atoms with Crippen molar-refractivity contribution in [3.8, 4) is 0 Å². The van der Waals surface area contributed by atoms with Crippen LogP contribution < -0.4 is 0 Å². The van der Waals surface area contributed by atoms with Gasteiger partial charge >= 0.3 is 0 Å². The van der Waals surface area contributed by atoms with Gasteiger partial charge in [0.25, 0.3) is 0 Å². The van der Waals surface area contributed by atoms with Crippen LogP contribution in [0.15, 0.2) is 12.8 Å². The molecule has 0 aromatic rings. The number of nitrogens with zero attached hydrogens (tertiary/aromatic N) is 4. The second-order valence-electron chi connectivity index (χ2n) is 12.1. The molecule has 0 aliphatic carbocycles. The summed E-state index contributed by atoms with van der Waals surface area (Å²) in [7, 11) is 0. The van der Waals surface area contributed by atoms with Crippen LogP contribution in [0.1, 0.15) is 130 Å². The van der Waals surface area contributed by atoms with Crippen molar-refractivity contribution in [2.24, 2.45) is 0 Å². The molecule has 2 amide bonds. The van der Waals surface area contributed by atoms with Crippen molar-refractivity contribution in [2.45, 2.75) is 137 Å². The number of hydrogen-bond donors (Lipinski definition) is 1. The number of unbranched alkanes of at least 4 members (excludes halogenated alkanes) is 4. The number of carbonyl (C=O) groups excluding carboxylic acids is 2. The second-order valence-corrected chi connectivity index (χ2v) is 12.1. The summed E-state index contributed by atoms with van der Waals surface area (Å²) in [6.07, 6.45) is 19.2. The van der Waals surface area contributed by atoms with Crippen LogP contribution >= 0.6 is 0 Å². The van der Waals surface area contributed by atoms with Gasteiger partial charge < -0.3 is 29.4 Å². The average Bonchev–Trinajstić information content (AvgIpc) is 3.38. The quantitative estimate of drug-likeness (QED) is 0.149. The van der Waals surface area contributed by atoms with Gasteiger partial charge in [0.15, 0.2) is 0 Å². The van der Waals surface area contributed by atoms with E-state index >= 15 is 0 Å². The smallest absolute Gasteiger partial charge is 0.226 e. The lowest BCUT2D eigenvalue weighted by Gasteiger charge is -2.29. The molecule has 0 radical (unpaired) electrons. The zero-order valence-electron chi connectivity index (χ0n) is 29.4. The van der Waals surface area contributed by atoms with Crippen molar-refractivity contribution in [2.75, 3.05) is 65.6 Å². The van der Waals surface area contributed by atoms with E-state index in [9.17, 15) is 9.59 Å². The molecule has 2 saturated heterocycles. The Balaban J connectivity index is 0.000000704. The topological polar surface area (TPSA) is 76.6 Å². The number of hydrogen-bond acceptors (Lipinski definition) is 6. The molecule has 0 spiro atoms. The maximum Gasteiger partial charge on any atom is 0.226 e. The minimum absolute atomic E-state index is 0.0789. The number of ether oxygens (including phenoxy) is 1. The average molecular weight is 624 g/mol. The SMILES string of the molecule is C=CN1CCCCCC1=O.CCCCN(CCCC)CCOC(C)N1CCCCCC1=O.[CH2+]CCCN(CCO)CCCC. The summed E-state index contributed by atoms with van der Waals surface area (Å²) in [5, 5.41) is 8.78. The molecule has 2 heterocycles. The predicted octanol–water partition coefficient (Wildman–Crippen LogP) is 6.88. The lowest BCUT2D eigenvalue weighted by molar-refractivity contribution is -0.144. The summed E-state index contributed by atoms with van der Waals surface area (Å²) in [5.74, 6) is 0.492. The van der Waals surface area contributed by atoms with Gasteiger partial charge in [0.05, 0.1) is 26.6 Å². The monoisotopic (exact) mass is 624 g/mol. The highest BCUT2D eigenvalue weighted by atomic mass is 16.5. The first-order chi connectivity index (χ1) is 21.4. The molecule has 1 atom stereocenters. The van der Waals surface area contributed by atoms with Crippen molar-refractivity contribution in [3.63, 3.8) is 0 Å². The van der Waals surface area contributed by atoms with Crippen LogP contribution in [-0.2, 0) is 14.3 Å². The van der Waals surface area contributed by atoms with E-state index in [1.807, 2.05) is 11.8 Å². The first kappa shape index (κ1) is 42.4. The summed E-state index contributed by atoms with van der Waals surface area (Å²) in [5.41, 5.74) is 0. The molecule has 44 heavy (non-hydrogen) atoms. The van der Waals surface area contributed by atoms with Gasteiger partial charge in [-0.05, 0) is 77.7 Å². The van der Waals surface area contributed by atoms with E-state index in [0.29, 0.717) is 12.8 Å². The largest absolute Gasteiger partial charge is 0.395 e. The molecule has 2 aliphatic rings. The van der Waals surface area contributed by atoms with Crippen LogP contribution in [0.25, 0.3) is 0 Å². The van der Waals surface area contributed by atoms with Gasteiger partial charge in [-0.1, -0.05) is 59.5 Å². The van der Waals surface area contributed by atoms with Crippen molar-refractivity contribution < 1.29 is 19.4 Å². The highest BCUT2D eigenvalue weighted by molar-refractivity contribution is 5.77. The number of amides is 2. The highest BCUT2D eigenvalue weighted by Gasteiger charge is 2.22. The Morgan fingerprint density at radius 3 is 1.84 bits per heavy atom. The molecule has 258 valence electrons. The Morgan fingerprint density at radius 1 is 0.795 bits per heavy atom. The van der Waals surface area contributed by atoms with E-state index in [1.54, 1.807) is 11.1 Å². The van der Waals surface area contributed by atoms with Gasteiger partial charge in [-0.3, -0.25) is 9.59 Å². The maximum absolute atomic E-state index is 12.1. The van der Waals surface area contributed by atoms with Crippen molar-refractivity contribution in [3.05, 3.63) is 19.7 Å². The summed E-state index contributed by atoms with van der Waals surface area (Å²) in [4.78, 5) is 31.6. The second kappa shape index (κ2) is 30.1. The number of carbonyl (C=O) groups is 2. The molecule has 2 fully saturated rings. The van der Waals surface area contributed by atoms with Gasteiger partial charge in [-0.2, -0.15) is 0 Å². The zero-order valence-corrected chi connectivity index (χ0v) is 29.4. The number of aliphatic hydroxyl groups is 1. The molecule has 2 rings (SSSR count). The third kappa shape index (κ3) is 22.0. The fourth-order valence-corrected chi connectivity index (χ4v) is 5.32. The molecule has 0 bridgehead atoms. The first-order valence-corrected chi connectivity index (χ1v) is 18.1. The van der Waals surface area contributed by atoms with Crippen molar-refractivity contribution in [1.82, 2.24) is 19.6 Å². The Kier molecular flexibility index (Phi) is 29.0. The van der Waals surface area contributed by atoms with Gasteiger partial charge in [-0.15, -0.1) is 0 Å². The van der Waals surface area contributed by atoms with Crippen LogP contribution in [0.5, 0.6) is 0 Å². The number of likely N-dealkylation sites (tertiary alicyclic amines) is 2. The number of rotatable bonds is 20. The molecule has 0 saturated carbocycles. The number of aliphatic hydroxyl groups excluding tert-OH is 1. The Hall–Kier alpha value is -1.61. The Labute approximate surface area is 272 Å². The van der Waals surface area contributed by atoms with Gasteiger partial charge in [0, 0.05) is 52.0 Å². The first-order valence-electron chi connectivity index (χ1n) is 18.1. The molecule has 8 nitrogen and oxygen atoms in total. The van der Waals surface area contributed by atoms with E-state index in [4.69, 9.17) is 9.84 Å². The zero-order chi connectivity index (χ0) is 32.8. The van der Waals surface area contributed by atoms with Crippen LogP contribution in [0.3, 0.4) is 0 Å². The normalized spacial score (nSPS) is 16.5. The van der Waals surface area contributed by atoms with Crippen LogP contribution in [-0.4, -0.2) is 108 Å². The molecular formula is C36H71N4O4+.